The van der Waals surface area contributed by atoms with Gasteiger partial charge in [-0.3, -0.25) is 14.5 Å². The first-order chi connectivity index (χ1) is 16.4. The molecule has 172 valence electrons. The zero-order chi connectivity index (χ0) is 24.2. The number of anilines is 1. The Labute approximate surface area is 202 Å². The highest BCUT2D eigenvalue weighted by Crippen LogP contribution is 2.42. The van der Waals surface area contributed by atoms with Crippen LogP contribution in [0.4, 0.5) is 5.69 Å². The van der Waals surface area contributed by atoms with Crippen LogP contribution in [0.1, 0.15) is 40.9 Å². The van der Waals surface area contributed by atoms with Gasteiger partial charge in [-0.25, -0.2) is 4.79 Å². The van der Waals surface area contributed by atoms with E-state index >= 15 is 0 Å². The average molecular weight is 476 g/mol. The number of nitrogens with zero attached hydrogens (tertiary/aromatic N) is 1. The molecule has 4 rings (SSSR count). The van der Waals surface area contributed by atoms with E-state index in [0.29, 0.717) is 40.4 Å². The number of hydrogen-bond donors (Lipinski definition) is 1. The molecular weight excluding hydrogens is 454 g/mol. The topological polar surface area (TPSA) is 83.9 Å². The number of ketones is 1. The van der Waals surface area contributed by atoms with E-state index in [1.807, 2.05) is 13.0 Å². The van der Waals surface area contributed by atoms with E-state index < -0.39 is 23.7 Å². The maximum Gasteiger partial charge on any atom is 0.338 e. The van der Waals surface area contributed by atoms with E-state index in [-0.39, 0.29) is 11.3 Å². The van der Waals surface area contributed by atoms with Crippen molar-refractivity contribution in [3.05, 3.63) is 106 Å². The van der Waals surface area contributed by atoms with Crippen molar-refractivity contribution in [3.63, 3.8) is 0 Å². The van der Waals surface area contributed by atoms with Crippen molar-refractivity contribution in [2.24, 2.45) is 0 Å². The summed E-state index contributed by atoms with van der Waals surface area (Å²) in [5, 5.41) is 11.5. The van der Waals surface area contributed by atoms with Crippen molar-refractivity contribution < 1.29 is 24.2 Å². The van der Waals surface area contributed by atoms with Gasteiger partial charge >= 0.3 is 5.97 Å². The second-order valence-corrected chi connectivity index (χ2v) is 8.21. The number of hydrogen-bond acceptors (Lipinski definition) is 5. The molecule has 3 aromatic carbocycles. The van der Waals surface area contributed by atoms with Crippen molar-refractivity contribution in [3.8, 4) is 0 Å². The lowest BCUT2D eigenvalue weighted by molar-refractivity contribution is -0.132. The number of esters is 1. The number of amides is 1. The van der Waals surface area contributed by atoms with Crippen LogP contribution in [0.3, 0.4) is 0 Å². The summed E-state index contributed by atoms with van der Waals surface area (Å²) in [4.78, 5) is 39.8. The van der Waals surface area contributed by atoms with Crippen molar-refractivity contribution in [1.29, 1.82) is 0 Å². The smallest absolute Gasteiger partial charge is 0.338 e. The molecule has 0 bridgehead atoms. The Kier molecular flexibility index (Phi) is 6.80. The molecule has 7 heteroatoms. The van der Waals surface area contributed by atoms with Gasteiger partial charge in [0.1, 0.15) is 5.76 Å². The van der Waals surface area contributed by atoms with Gasteiger partial charge in [0, 0.05) is 16.3 Å². The molecule has 0 aromatic heterocycles. The summed E-state index contributed by atoms with van der Waals surface area (Å²) in [5.41, 5.74) is 1.69. The summed E-state index contributed by atoms with van der Waals surface area (Å²) in [7, 11) is 0. The minimum Gasteiger partial charge on any atom is -0.507 e. The second-order valence-electron chi connectivity index (χ2n) is 7.77. The fraction of sp³-hybridized carbons (Fsp3) is 0.148. The molecule has 1 N–H and O–H groups in total. The molecule has 1 atom stereocenters. The SMILES string of the molecule is CCCOC(=O)c1ccc(N2C(=O)C(=O)/C(=C(/O)c3cccc(Cl)c3)C2c2ccccc2)cc1. The van der Waals surface area contributed by atoms with E-state index in [4.69, 9.17) is 16.3 Å². The van der Waals surface area contributed by atoms with Gasteiger partial charge < -0.3 is 9.84 Å². The monoisotopic (exact) mass is 475 g/mol. The average Bonchev–Trinajstić information content (AvgIpc) is 3.13. The van der Waals surface area contributed by atoms with Crippen LogP contribution in [-0.2, 0) is 14.3 Å². The first-order valence-electron chi connectivity index (χ1n) is 10.8. The molecule has 34 heavy (non-hydrogen) atoms. The van der Waals surface area contributed by atoms with E-state index in [1.165, 1.54) is 11.0 Å². The Morgan fingerprint density at radius 1 is 0.971 bits per heavy atom. The summed E-state index contributed by atoms with van der Waals surface area (Å²) in [6.45, 7) is 2.22. The third-order valence-electron chi connectivity index (χ3n) is 5.48. The Bertz CT molecular complexity index is 1270. The van der Waals surface area contributed by atoms with E-state index in [2.05, 4.69) is 0 Å². The van der Waals surface area contributed by atoms with Crippen LogP contribution in [-0.4, -0.2) is 29.4 Å². The molecule has 1 fully saturated rings. The molecular formula is C27H22ClNO5. The molecule has 6 nitrogen and oxygen atoms in total. The van der Waals surface area contributed by atoms with Gasteiger partial charge in [0.2, 0.25) is 0 Å². The van der Waals surface area contributed by atoms with Crippen LogP contribution in [0.5, 0.6) is 0 Å². The zero-order valence-corrected chi connectivity index (χ0v) is 19.2. The standard InChI is InChI=1S/C27H22ClNO5/c1-2-15-34-27(33)18-11-13-21(14-12-18)29-23(17-7-4-3-5-8-17)22(25(31)26(29)32)24(30)19-9-6-10-20(28)16-19/h3-14,16,23,30H,2,15H2,1H3/b24-22+. The minimum absolute atomic E-state index is 0.0371. The lowest BCUT2D eigenvalue weighted by Crippen LogP contribution is -2.29. The Morgan fingerprint density at radius 3 is 2.32 bits per heavy atom. The first-order valence-corrected chi connectivity index (χ1v) is 11.2. The fourth-order valence-corrected chi connectivity index (χ4v) is 4.07. The van der Waals surface area contributed by atoms with Crippen LogP contribution in [0.15, 0.2) is 84.4 Å². The number of aliphatic hydroxyl groups is 1. The predicted molar refractivity (Wildman–Crippen MR) is 130 cm³/mol. The number of halogens is 1. The van der Waals surface area contributed by atoms with Crippen LogP contribution >= 0.6 is 11.6 Å². The van der Waals surface area contributed by atoms with Gasteiger partial charge in [-0.05, 0) is 48.4 Å². The highest BCUT2D eigenvalue weighted by atomic mass is 35.5. The van der Waals surface area contributed by atoms with Crippen LogP contribution in [0, 0.1) is 0 Å². The quantitative estimate of drug-likeness (QED) is 0.219. The predicted octanol–water partition coefficient (Wildman–Crippen LogP) is 5.53. The molecule has 0 radical (unpaired) electrons. The molecule has 3 aromatic rings. The number of benzene rings is 3. The molecule has 0 aliphatic carbocycles. The lowest BCUT2D eigenvalue weighted by atomic mass is 9.95. The van der Waals surface area contributed by atoms with Gasteiger partial charge in [0.15, 0.2) is 0 Å². The van der Waals surface area contributed by atoms with E-state index in [1.54, 1.807) is 66.7 Å². The van der Waals surface area contributed by atoms with Crippen LogP contribution in [0.25, 0.3) is 5.76 Å². The van der Waals surface area contributed by atoms with Crippen molar-refractivity contribution >= 4 is 40.7 Å². The van der Waals surface area contributed by atoms with E-state index in [9.17, 15) is 19.5 Å². The lowest BCUT2D eigenvalue weighted by Gasteiger charge is -2.25. The van der Waals surface area contributed by atoms with Crippen LogP contribution in [0.2, 0.25) is 5.02 Å². The van der Waals surface area contributed by atoms with Gasteiger partial charge in [0.05, 0.1) is 23.8 Å². The number of rotatable bonds is 6. The summed E-state index contributed by atoms with van der Waals surface area (Å²) in [6, 6.07) is 20.8. The highest BCUT2D eigenvalue weighted by Gasteiger charge is 2.46. The third kappa shape index (κ3) is 4.45. The normalized spacial score (nSPS) is 17.1. The van der Waals surface area contributed by atoms with Gasteiger partial charge in [-0.2, -0.15) is 0 Å². The number of aliphatic hydroxyl groups excluding tert-OH is 1. The second kappa shape index (κ2) is 9.93. The Morgan fingerprint density at radius 2 is 1.68 bits per heavy atom. The molecule has 0 saturated carbocycles. The van der Waals surface area contributed by atoms with Crippen LogP contribution < -0.4 is 4.90 Å². The number of Topliss-reactive ketones (excluding diaryl/α,β-unsaturated/α-hetero) is 1. The summed E-state index contributed by atoms with van der Waals surface area (Å²) in [5.74, 6) is -2.36. The minimum atomic E-state index is -0.863. The highest BCUT2D eigenvalue weighted by molar-refractivity contribution is 6.51. The molecule has 1 amide bonds. The van der Waals surface area contributed by atoms with Gasteiger partial charge in [0.25, 0.3) is 11.7 Å². The van der Waals surface area contributed by atoms with Gasteiger partial charge in [-0.1, -0.05) is 61.0 Å². The molecule has 1 saturated heterocycles. The maximum atomic E-state index is 13.2. The first kappa shape index (κ1) is 23.3. The van der Waals surface area contributed by atoms with E-state index in [0.717, 1.165) is 0 Å². The third-order valence-corrected chi connectivity index (χ3v) is 5.71. The fourth-order valence-electron chi connectivity index (χ4n) is 3.88. The molecule has 1 aliphatic rings. The maximum absolute atomic E-state index is 13.2. The number of carbonyl (C=O) groups is 3. The molecule has 0 spiro atoms. The Hall–Kier alpha value is -3.90. The van der Waals surface area contributed by atoms with Crippen molar-refractivity contribution in [1.82, 2.24) is 0 Å². The van der Waals surface area contributed by atoms with Gasteiger partial charge in [-0.15, -0.1) is 0 Å². The summed E-state index contributed by atoms with van der Waals surface area (Å²) >= 11 is 6.08. The Balaban J connectivity index is 1.81. The molecule has 1 heterocycles. The zero-order valence-electron chi connectivity index (χ0n) is 18.4. The summed E-state index contributed by atoms with van der Waals surface area (Å²) in [6.07, 6.45) is 0.707. The number of ether oxygens (including phenoxy) is 1. The molecule has 1 aliphatic heterocycles. The summed E-state index contributed by atoms with van der Waals surface area (Å²) < 4.78 is 5.15. The van der Waals surface area contributed by atoms with Crippen molar-refractivity contribution in [2.75, 3.05) is 11.5 Å². The number of carbonyl (C=O) groups excluding carboxylic acids is 3. The largest absolute Gasteiger partial charge is 0.507 e. The van der Waals surface area contributed by atoms with Crippen molar-refractivity contribution in [2.45, 2.75) is 19.4 Å². The molecule has 1 unspecified atom stereocenters.